The van der Waals surface area contributed by atoms with Gasteiger partial charge in [0.2, 0.25) is 0 Å². The molecular formula is C11H21NO3. The molecule has 88 valence electrons. The zero-order valence-corrected chi connectivity index (χ0v) is 9.62. The molecule has 0 atom stereocenters. The molecule has 0 unspecified atom stereocenters. The highest BCUT2D eigenvalue weighted by atomic mass is 16.5. The van der Waals surface area contributed by atoms with E-state index in [1.165, 1.54) is 6.08 Å². The Morgan fingerprint density at radius 1 is 1.13 bits per heavy atom. The maximum atomic E-state index is 11.1. The van der Waals surface area contributed by atoms with E-state index in [1.54, 1.807) is 0 Å². The molecule has 0 aliphatic heterocycles. The first-order chi connectivity index (χ1) is 7.20. The van der Waals surface area contributed by atoms with Gasteiger partial charge in [-0.25, -0.2) is 4.79 Å². The van der Waals surface area contributed by atoms with Gasteiger partial charge in [0.15, 0.2) is 5.88 Å². The minimum absolute atomic E-state index is 0.130. The van der Waals surface area contributed by atoms with Crippen molar-refractivity contribution in [1.29, 1.82) is 0 Å². The minimum Gasteiger partial charge on any atom is -0.479 e. The second-order valence-corrected chi connectivity index (χ2v) is 3.27. The molecule has 0 radical (unpaired) electrons. The Bertz CT molecular complexity index is 202. The smallest absolute Gasteiger partial charge is 0.336 e. The van der Waals surface area contributed by atoms with E-state index in [1.807, 2.05) is 6.92 Å². The van der Waals surface area contributed by atoms with Crippen LogP contribution in [0.5, 0.6) is 0 Å². The molecule has 0 amide bonds. The topological polar surface area (TPSA) is 61.5 Å². The fraction of sp³-hybridized carbons (Fsp3) is 0.727. The lowest BCUT2D eigenvalue weighted by Crippen LogP contribution is -2.10. The number of hydrogen-bond donors (Lipinski definition) is 1. The number of carbonyl (C=O) groups excluding carboxylic acids is 1. The summed E-state index contributed by atoms with van der Waals surface area (Å²) in [6.45, 7) is 5.07. The average molecular weight is 215 g/mol. The van der Waals surface area contributed by atoms with Gasteiger partial charge in [-0.15, -0.1) is 0 Å². The van der Waals surface area contributed by atoms with Crippen LogP contribution in [0.4, 0.5) is 0 Å². The first kappa shape index (κ1) is 13.8. The molecular weight excluding hydrogens is 194 g/mol. The molecule has 0 aromatic heterocycles. The lowest BCUT2D eigenvalue weighted by Gasteiger charge is -2.04. The zero-order valence-electron chi connectivity index (χ0n) is 9.62. The van der Waals surface area contributed by atoms with E-state index in [0.717, 1.165) is 25.7 Å². The third-order valence-electron chi connectivity index (χ3n) is 1.77. The molecule has 0 spiro atoms. The van der Waals surface area contributed by atoms with Gasteiger partial charge in [-0.05, 0) is 12.8 Å². The van der Waals surface area contributed by atoms with Crippen LogP contribution in [0.1, 0.15) is 39.5 Å². The molecule has 15 heavy (non-hydrogen) atoms. The molecule has 0 aliphatic rings. The van der Waals surface area contributed by atoms with E-state index in [9.17, 15) is 4.79 Å². The molecule has 0 aromatic rings. The first-order valence-corrected chi connectivity index (χ1v) is 5.47. The number of unbranched alkanes of at least 4 members (excludes halogenated alkanes) is 2. The van der Waals surface area contributed by atoms with Crippen LogP contribution in [0.15, 0.2) is 12.0 Å². The second-order valence-electron chi connectivity index (χ2n) is 3.27. The van der Waals surface area contributed by atoms with Crippen molar-refractivity contribution in [3.8, 4) is 0 Å². The van der Waals surface area contributed by atoms with Crippen molar-refractivity contribution in [2.24, 2.45) is 5.73 Å². The average Bonchev–Trinajstić information content (AvgIpc) is 2.18. The lowest BCUT2D eigenvalue weighted by molar-refractivity contribution is -0.138. The van der Waals surface area contributed by atoms with Gasteiger partial charge in [-0.2, -0.15) is 0 Å². The molecule has 0 bridgehead atoms. The number of rotatable bonds is 8. The van der Waals surface area contributed by atoms with Gasteiger partial charge >= 0.3 is 5.97 Å². The normalized spacial score (nSPS) is 11.2. The van der Waals surface area contributed by atoms with Crippen LogP contribution in [-0.2, 0) is 14.3 Å². The first-order valence-electron chi connectivity index (χ1n) is 5.47. The highest BCUT2D eigenvalue weighted by Crippen LogP contribution is 1.95. The van der Waals surface area contributed by atoms with Crippen molar-refractivity contribution >= 4 is 5.97 Å². The maximum absolute atomic E-state index is 11.1. The van der Waals surface area contributed by atoms with E-state index in [2.05, 4.69) is 6.92 Å². The summed E-state index contributed by atoms with van der Waals surface area (Å²) in [6.07, 6.45) is 5.02. The monoisotopic (exact) mass is 215 g/mol. The van der Waals surface area contributed by atoms with Gasteiger partial charge in [0, 0.05) is 0 Å². The predicted octanol–water partition coefficient (Wildman–Crippen LogP) is 1.95. The zero-order chi connectivity index (χ0) is 11.5. The summed E-state index contributed by atoms with van der Waals surface area (Å²) in [5.74, 6) is -0.303. The molecule has 2 N–H and O–H groups in total. The van der Waals surface area contributed by atoms with Crippen molar-refractivity contribution in [2.75, 3.05) is 13.2 Å². The van der Waals surface area contributed by atoms with Crippen molar-refractivity contribution in [3.63, 3.8) is 0 Å². The molecule has 4 nitrogen and oxygen atoms in total. The number of hydrogen-bond acceptors (Lipinski definition) is 4. The summed E-state index contributed by atoms with van der Waals surface area (Å²) in [7, 11) is 0. The largest absolute Gasteiger partial charge is 0.479 e. The van der Waals surface area contributed by atoms with Gasteiger partial charge in [0.05, 0.1) is 19.3 Å². The quantitative estimate of drug-likeness (QED) is 0.291. The third kappa shape index (κ3) is 9.12. The van der Waals surface area contributed by atoms with Crippen molar-refractivity contribution < 1.29 is 14.3 Å². The molecule has 0 aliphatic carbocycles. The fourth-order valence-corrected chi connectivity index (χ4v) is 0.851. The third-order valence-corrected chi connectivity index (χ3v) is 1.77. The van der Waals surface area contributed by atoms with E-state index in [4.69, 9.17) is 15.2 Å². The van der Waals surface area contributed by atoms with Crippen LogP contribution in [0.2, 0.25) is 0 Å². The fourth-order valence-electron chi connectivity index (χ4n) is 0.851. The minimum atomic E-state index is -0.433. The predicted molar refractivity (Wildman–Crippen MR) is 59.0 cm³/mol. The Labute approximate surface area is 91.4 Å². The summed E-state index contributed by atoms with van der Waals surface area (Å²) < 4.78 is 9.98. The van der Waals surface area contributed by atoms with Crippen LogP contribution in [-0.4, -0.2) is 19.2 Å². The summed E-state index contributed by atoms with van der Waals surface area (Å²) in [6, 6.07) is 0. The van der Waals surface area contributed by atoms with Gasteiger partial charge in [0.1, 0.15) is 0 Å². The Hall–Kier alpha value is -1.19. The summed E-state index contributed by atoms with van der Waals surface area (Å²) in [5, 5.41) is 0. The number of nitrogens with two attached hydrogens (primary N) is 1. The van der Waals surface area contributed by atoms with Crippen LogP contribution in [0, 0.1) is 0 Å². The standard InChI is InChI=1S/C11H21NO3/c1-3-5-7-14-10(12)9-11(13)15-8-6-4-2/h9H,3-8,12H2,1-2H3/b10-9-. The van der Waals surface area contributed by atoms with Crippen molar-refractivity contribution in [2.45, 2.75) is 39.5 Å². The van der Waals surface area contributed by atoms with Crippen molar-refractivity contribution in [1.82, 2.24) is 0 Å². The van der Waals surface area contributed by atoms with Crippen LogP contribution >= 0.6 is 0 Å². The summed E-state index contributed by atoms with van der Waals surface area (Å²) in [4.78, 5) is 11.1. The molecule has 0 rings (SSSR count). The number of ether oxygens (including phenoxy) is 2. The molecule has 0 fully saturated rings. The Morgan fingerprint density at radius 2 is 1.67 bits per heavy atom. The van der Waals surface area contributed by atoms with E-state index < -0.39 is 5.97 Å². The van der Waals surface area contributed by atoms with Gasteiger partial charge < -0.3 is 15.2 Å². The Morgan fingerprint density at radius 3 is 2.20 bits per heavy atom. The Kier molecular flexibility index (Phi) is 8.63. The van der Waals surface area contributed by atoms with Crippen LogP contribution in [0.25, 0.3) is 0 Å². The molecule has 0 aromatic carbocycles. The Balaban J connectivity index is 3.65. The van der Waals surface area contributed by atoms with E-state index >= 15 is 0 Å². The highest BCUT2D eigenvalue weighted by molar-refractivity contribution is 5.82. The van der Waals surface area contributed by atoms with Gasteiger partial charge in [0.25, 0.3) is 0 Å². The molecule has 0 saturated heterocycles. The molecule has 4 heteroatoms. The van der Waals surface area contributed by atoms with Gasteiger partial charge in [-0.3, -0.25) is 0 Å². The number of carbonyl (C=O) groups is 1. The number of esters is 1. The van der Waals surface area contributed by atoms with E-state index in [0.29, 0.717) is 13.2 Å². The summed E-state index contributed by atoms with van der Waals surface area (Å²) >= 11 is 0. The van der Waals surface area contributed by atoms with E-state index in [-0.39, 0.29) is 5.88 Å². The molecule has 0 heterocycles. The molecule has 0 saturated carbocycles. The van der Waals surface area contributed by atoms with Gasteiger partial charge in [-0.1, -0.05) is 26.7 Å². The second kappa shape index (κ2) is 9.37. The highest BCUT2D eigenvalue weighted by Gasteiger charge is 2.00. The maximum Gasteiger partial charge on any atom is 0.336 e. The van der Waals surface area contributed by atoms with Crippen LogP contribution < -0.4 is 5.73 Å². The van der Waals surface area contributed by atoms with Crippen LogP contribution in [0.3, 0.4) is 0 Å². The summed E-state index contributed by atoms with van der Waals surface area (Å²) in [5.41, 5.74) is 5.46. The van der Waals surface area contributed by atoms with Crippen molar-refractivity contribution in [3.05, 3.63) is 12.0 Å². The lowest BCUT2D eigenvalue weighted by atomic mass is 10.4. The SMILES string of the molecule is CCCCOC(=O)/C=C(/N)OCCCC.